The predicted molar refractivity (Wildman–Crippen MR) is 88.7 cm³/mol. The Morgan fingerprint density at radius 3 is 2.56 bits per heavy atom. The maximum atomic E-state index is 13.5. The number of nitrogens with one attached hydrogen (secondary N) is 1. The summed E-state index contributed by atoms with van der Waals surface area (Å²) in [7, 11) is 0. The molecule has 2 aromatic carbocycles. The Hall–Kier alpha value is -0.340. The molecule has 0 radical (unpaired) electrons. The van der Waals surface area contributed by atoms with E-state index in [1.807, 2.05) is 40.8 Å². The smallest absolute Gasteiger partial charge is 0.138 e. The summed E-state index contributed by atoms with van der Waals surface area (Å²) >= 11 is 8.72. The van der Waals surface area contributed by atoms with Gasteiger partial charge in [-0.15, -0.1) is 0 Å². The summed E-state index contributed by atoms with van der Waals surface area (Å²) < 4.78 is 15.8. The second-order valence-electron chi connectivity index (χ2n) is 3.60. The lowest BCUT2D eigenvalue weighted by atomic mass is 10.2. The number of hydrogen-bond donors (Lipinski definition) is 2. The van der Waals surface area contributed by atoms with Gasteiger partial charge in [-0.3, -0.25) is 0 Å². The van der Waals surface area contributed by atoms with E-state index in [2.05, 4.69) is 37.2 Å². The first kappa shape index (κ1) is 14.1. The molecule has 0 saturated carbocycles. The lowest BCUT2D eigenvalue weighted by Crippen LogP contribution is -1.99. The predicted octanol–water partition coefficient (Wildman–Crippen LogP) is 5.28. The van der Waals surface area contributed by atoms with Crippen molar-refractivity contribution in [1.82, 2.24) is 0 Å². The van der Waals surface area contributed by atoms with Crippen LogP contribution in [0.1, 0.15) is 0 Å². The number of halogens is 4. The average molecular weight is 486 g/mol. The fraction of sp³-hybridized carbons (Fsp3) is 0. The van der Waals surface area contributed by atoms with Crippen LogP contribution in [0.4, 0.5) is 21.5 Å². The molecule has 94 valence electrons. The van der Waals surface area contributed by atoms with Crippen LogP contribution in [0.15, 0.2) is 39.3 Å². The van der Waals surface area contributed by atoms with Gasteiger partial charge < -0.3 is 11.1 Å². The molecule has 0 fully saturated rings. The summed E-state index contributed by atoms with van der Waals surface area (Å²) in [5.41, 5.74) is 7.74. The summed E-state index contributed by atoms with van der Waals surface area (Å²) in [5.74, 6) is -0.293. The SMILES string of the molecule is Nc1cc(I)c(F)cc1Nc1cc(Br)ccc1Br. The van der Waals surface area contributed by atoms with Gasteiger partial charge in [-0.05, 0) is 62.8 Å². The number of hydrogen-bond acceptors (Lipinski definition) is 2. The van der Waals surface area contributed by atoms with Crippen molar-refractivity contribution in [3.63, 3.8) is 0 Å². The number of nitrogens with two attached hydrogens (primary N) is 1. The van der Waals surface area contributed by atoms with Gasteiger partial charge in [0.05, 0.1) is 20.6 Å². The minimum absolute atomic E-state index is 0.293. The van der Waals surface area contributed by atoms with Crippen LogP contribution in [0.3, 0.4) is 0 Å². The number of benzene rings is 2. The van der Waals surface area contributed by atoms with Crippen LogP contribution in [0, 0.1) is 9.39 Å². The van der Waals surface area contributed by atoms with Gasteiger partial charge in [-0.25, -0.2) is 4.39 Å². The molecule has 0 heterocycles. The Kier molecular flexibility index (Phi) is 4.50. The van der Waals surface area contributed by atoms with Gasteiger partial charge in [0.15, 0.2) is 0 Å². The monoisotopic (exact) mass is 484 g/mol. The molecule has 3 N–H and O–H groups in total. The van der Waals surface area contributed by atoms with E-state index in [-0.39, 0.29) is 5.82 Å². The van der Waals surface area contributed by atoms with Gasteiger partial charge >= 0.3 is 0 Å². The van der Waals surface area contributed by atoms with E-state index in [0.717, 1.165) is 14.6 Å². The first-order valence-electron chi connectivity index (χ1n) is 4.94. The molecule has 0 aromatic heterocycles. The number of anilines is 3. The average Bonchev–Trinajstić information content (AvgIpc) is 2.30. The molecular weight excluding hydrogens is 478 g/mol. The Balaban J connectivity index is 2.40. The van der Waals surface area contributed by atoms with Gasteiger partial charge in [0, 0.05) is 15.0 Å². The van der Waals surface area contributed by atoms with Crippen molar-refractivity contribution in [2.75, 3.05) is 11.1 Å². The number of nitrogen functional groups attached to an aromatic ring is 1. The largest absolute Gasteiger partial charge is 0.397 e. The number of rotatable bonds is 2. The van der Waals surface area contributed by atoms with Crippen LogP contribution in [0.2, 0.25) is 0 Å². The minimum atomic E-state index is -0.293. The molecule has 2 rings (SSSR count). The van der Waals surface area contributed by atoms with Crippen LogP contribution in [-0.2, 0) is 0 Å². The summed E-state index contributed by atoms with van der Waals surface area (Å²) in [6.07, 6.45) is 0. The van der Waals surface area contributed by atoms with Crippen LogP contribution < -0.4 is 11.1 Å². The van der Waals surface area contributed by atoms with E-state index in [1.54, 1.807) is 6.07 Å². The van der Waals surface area contributed by atoms with E-state index >= 15 is 0 Å². The zero-order chi connectivity index (χ0) is 13.3. The Morgan fingerprint density at radius 1 is 1.11 bits per heavy atom. The fourth-order valence-corrected chi connectivity index (χ4v) is 2.61. The zero-order valence-corrected chi connectivity index (χ0v) is 14.3. The van der Waals surface area contributed by atoms with Gasteiger partial charge in [0.2, 0.25) is 0 Å². The maximum absolute atomic E-state index is 13.5. The van der Waals surface area contributed by atoms with E-state index in [9.17, 15) is 4.39 Å². The van der Waals surface area contributed by atoms with Crippen LogP contribution >= 0.6 is 54.5 Å². The topological polar surface area (TPSA) is 38.0 Å². The van der Waals surface area contributed by atoms with E-state index in [4.69, 9.17) is 5.73 Å². The minimum Gasteiger partial charge on any atom is -0.397 e. The van der Waals surface area contributed by atoms with Crippen LogP contribution in [-0.4, -0.2) is 0 Å². The van der Waals surface area contributed by atoms with Crippen molar-refractivity contribution >= 4 is 71.5 Å². The second kappa shape index (κ2) is 5.75. The summed E-state index contributed by atoms with van der Waals surface area (Å²) in [4.78, 5) is 0. The highest BCUT2D eigenvalue weighted by Gasteiger charge is 2.08. The Morgan fingerprint density at radius 2 is 1.83 bits per heavy atom. The third-order valence-corrected chi connectivity index (χ3v) is 4.30. The molecule has 0 aliphatic carbocycles. The maximum Gasteiger partial charge on any atom is 0.138 e. The molecule has 18 heavy (non-hydrogen) atoms. The highest BCUT2D eigenvalue weighted by Crippen LogP contribution is 2.32. The Labute approximate surface area is 135 Å². The lowest BCUT2D eigenvalue weighted by molar-refractivity contribution is 0.621. The molecule has 0 aliphatic heterocycles. The van der Waals surface area contributed by atoms with Crippen molar-refractivity contribution < 1.29 is 4.39 Å². The normalized spacial score (nSPS) is 10.4. The van der Waals surface area contributed by atoms with Gasteiger partial charge in [0.1, 0.15) is 5.82 Å². The summed E-state index contributed by atoms with van der Waals surface area (Å²) in [5, 5.41) is 3.10. The fourth-order valence-electron chi connectivity index (χ4n) is 1.41. The lowest BCUT2D eigenvalue weighted by Gasteiger charge is -2.12. The van der Waals surface area contributed by atoms with Crippen molar-refractivity contribution in [2.45, 2.75) is 0 Å². The van der Waals surface area contributed by atoms with Gasteiger partial charge in [-0.1, -0.05) is 15.9 Å². The first-order chi connectivity index (χ1) is 8.47. The van der Waals surface area contributed by atoms with Gasteiger partial charge in [-0.2, -0.15) is 0 Å². The molecule has 0 amide bonds. The summed E-state index contributed by atoms with van der Waals surface area (Å²) in [6.45, 7) is 0. The quantitative estimate of drug-likeness (QED) is 0.448. The molecular formula is C12H8Br2FIN2. The highest BCUT2D eigenvalue weighted by molar-refractivity contribution is 14.1. The third-order valence-electron chi connectivity index (χ3n) is 2.29. The molecule has 0 atom stereocenters. The second-order valence-corrected chi connectivity index (χ2v) is 6.53. The molecule has 2 aromatic rings. The Bertz CT molecular complexity index is 605. The standard InChI is InChI=1S/C12H8Br2FIN2/c13-6-1-2-7(14)11(3-6)18-12-4-8(15)9(16)5-10(12)17/h1-5,18H,17H2. The van der Waals surface area contributed by atoms with E-state index in [0.29, 0.717) is 14.9 Å². The first-order valence-corrected chi connectivity index (χ1v) is 7.60. The van der Waals surface area contributed by atoms with Crippen molar-refractivity contribution in [2.24, 2.45) is 0 Å². The van der Waals surface area contributed by atoms with Crippen molar-refractivity contribution in [3.05, 3.63) is 48.7 Å². The van der Waals surface area contributed by atoms with E-state index < -0.39 is 0 Å². The third kappa shape index (κ3) is 3.16. The van der Waals surface area contributed by atoms with Crippen molar-refractivity contribution in [3.8, 4) is 0 Å². The molecule has 0 aliphatic rings. The van der Waals surface area contributed by atoms with Crippen LogP contribution in [0.25, 0.3) is 0 Å². The molecule has 0 bridgehead atoms. The molecule has 2 nitrogen and oxygen atoms in total. The zero-order valence-electron chi connectivity index (χ0n) is 8.98. The molecule has 0 spiro atoms. The molecule has 0 saturated heterocycles. The summed E-state index contributed by atoms with van der Waals surface area (Å²) in [6, 6.07) is 8.69. The highest BCUT2D eigenvalue weighted by atomic mass is 127. The molecule has 6 heteroatoms. The van der Waals surface area contributed by atoms with Crippen molar-refractivity contribution in [1.29, 1.82) is 0 Å². The molecule has 0 unspecified atom stereocenters. The van der Waals surface area contributed by atoms with Crippen LogP contribution in [0.5, 0.6) is 0 Å². The van der Waals surface area contributed by atoms with Gasteiger partial charge in [0.25, 0.3) is 0 Å². The van der Waals surface area contributed by atoms with E-state index in [1.165, 1.54) is 6.07 Å².